The molecular formula is C21H22O7. The molecule has 2 heterocycles. The fourth-order valence-corrected chi connectivity index (χ4v) is 3.55. The number of carbonyl (C=O) groups is 1. The minimum absolute atomic E-state index is 0.306. The molecule has 4 rings (SSSR count). The lowest BCUT2D eigenvalue weighted by molar-refractivity contribution is -0.304. The summed E-state index contributed by atoms with van der Waals surface area (Å²) in [4.78, 5) is 13.2. The molecule has 0 aromatic heterocycles. The molecule has 3 N–H and O–H groups in total. The largest absolute Gasteiger partial charge is 0.482 e. The summed E-state index contributed by atoms with van der Waals surface area (Å²) in [6, 6.07) is 16.0. The van der Waals surface area contributed by atoms with Gasteiger partial charge < -0.3 is 29.5 Å². The van der Waals surface area contributed by atoms with Crippen LogP contribution in [0.1, 0.15) is 28.9 Å². The molecule has 0 aliphatic carbocycles. The van der Waals surface area contributed by atoms with E-state index in [1.165, 1.54) is 0 Å². The summed E-state index contributed by atoms with van der Waals surface area (Å²) in [6.07, 6.45) is -8.11. The molecule has 2 aromatic carbocycles. The van der Waals surface area contributed by atoms with Gasteiger partial charge >= 0.3 is 0 Å². The average Bonchev–Trinajstić information content (AvgIpc) is 2.72. The minimum atomic E-state index is -1.51. The number of hydrogen-bond acceptors (Lipinski definition) is 7. The predicted molar refractivity (Wildman–Crippen MR) is 97.8 cm³/mol. The number of aliphatic hydroxyl groups excluding tert-OH is 3. The van der Waals surface area contributed by atoms with Gasteiger partial charge in [0.05, 0.1) is 11.7 Å². The van der Waals surface area contributed by atoms with Crippen molar-refractivity contribution in [2.45, 2.75) is 49.8 Å². The Labute approximate surface area is 162 Å². The third kappa shape index (κ3) is 3.32. The fourth-order valence-electron chi connectivity index (χ4n) is 3.55. The van der Waals surface area contributed by atoms with Crippen molar-refractivity contribution in [1.29, 1.82) is 0 Å². The van der Waals surface area contributed by atoms with E-state index in [2.05, 4.69) is 0 Å². The zero-order valence-corrected chi connectivity index (χ0v) is 15.2. The van der Waals surface area contributed by atoms with Crippen LogP contribution in [-0.4, -0.2) is 57.9 Å². The number of fused-ring (bicyclic) bond motifs is 1. The Morgan fingerprint density at radius 3 is 2.32 bits per heavy atom. The van der Waals surface area contributed by atoms with Crippen LogP contribution < -0.4 is 4.74 Å². The van der Waals surface area contributed by atoms with Crippen LogP contribution in [-0.2, 0) is 9.47 Å². The number of rotatable bonds is 3. The third-order valence-corrected chi connectivity index (χ3v) is 5.16. The van der Waals surface area contributed by atoms with E-state index >= 15 is 0 Å². The normalized spacial score (nSPS) is 35.1. The molecule has 2 aliphatic heterocycles. The van der Waals surface area contributed by atoms with Crippen LogP contribution in [0.3, 0.4) is 0 Å². The summed E-state index contributed by atoms with van der Waals surface area (Å²) < 4.78 is 17.4. The van der Waals surface area contributed by atoms with Crippen molar-refractivity contribution in [1.82, 2.24) is 0 Å². The molecule has 1 fully saturated rings. The third-order valence-electron chi connectivity index (χ3n) is 5.16. The molecule has 2 unspecified atom stereocenters. The molecule has 0 spiro atoms. The molecule has 2 aliphatic rings. The molecule has 0 amide bonds. The Morgan fingerprint density at radius 2 is 1.57 bits per heavy atom. The van der Waals surface area contributed by atoms with Crippen molar-refractivity contribution >= 4 is 5.78 Å². The van der Waals surface area contributed by atoms with Gasteiger partial charge in [0, 0.05) is 0 Å². The fraction of sp³-hybridized carbons (Fsp3) is 0.381. The van der Waals surface area contributed by atoms with Crippen LogP contribution in [0.15, 0.2) is 54.6 Å². The molecule has 0 saturated carbocycles. The van der Waals surface area contributed by atoms with Crippen LogP contribution in [0.25, 0.3) is 0 Å². The summed E-state index contributed by atoms with van der Waals surface area (Å²) >= 11 is 0. The molecule has 2 aromatic rings. The zero-order valence-electron chi connectivity index (χ0n) is 15.2. The summed E-state index contributed by atoms with van der Waals surface area (Å²) in [5.74, 6) is 0.148. The summed E-state index contributed by atoms with van der Waals surface area (Å²) in [6.45, 7) is 1.55. The molecule has 0 radical (unpaired) electrons. The first-order valence-corrected chi connectivity index (χ1v) is 9.17. The summed E-state index contributed by atoms with van der Waals surface area (Å²) in [5.41, 5.74) is 1.10. The molecule has 7 heteroatoms. The number of hydrogen-bond donors (Lipinski definition) is 3. The van der Waals surface area contributed by atoms with Gasteiger partial charge in [-0.3, -0.25) is 4.79 Å². The van der Waals surface area contributed by atoms with Crippen LogP contribution in [0.2, 0.25) is 0 Å². The van der Waals surface area contributed by atoms with E-state index in [9.17, 15) is 20.1 Å². The van der Waals surface area contributed by atoms with Gasteiger partial charge in [0.25, 0.3) is 0 Å². The van der Waals surface area contributed by atoms with Crippen molar-refractivity contribution in [3.8, 4) is 5.75 Å². The number of aliphatic hydroxyl groups is 3. The second-order valence-corrected chi connectivity index (χ2v) is 7.05. The zero-order chi connectivity index (χ0) is 19.8. The second kappa shape index (κ2) is 7.62. The number of ether oxygens (including phenoxy) is 3. The quantitative estimate of drug-likeness (QED) is 0.728. The number of benzene rings is 2. The Kier molecular flexibility index (Phi) is 5.18. The van der Waals surface area contributed by atoms with Crippen molar-refractivity contribution in [3.63, 3.8) is 0 Å². The van der Waals surface area contributed by atoms with Gasteiger partial charge in [-0.05, 0) is 24.6 Å². The monoisotopic (exact) mass is 386 g/mol. The van der Waals surface area contributed by atoms with Crippen LogP contribution in [0, 0.1) is 0 Å². The molecule has 28 heavy (non-hydrogen) atoms. The van der Waals surface area contributed by atoms with E-state index in [1.807, 2.05) is 30.3 Å². The SMILES string of the molecule is C[C@@H]1O[C@@H](OC2C(=O)c3ccccc3OC2c2ccccc2)[C@H](O)[C@H](O)[C@H]1O. The van der Waals surface area contributed by atoms with Crippen molar-refractivity contribution in [3.05, 3.63) is 65.7 Å². The van der Waals surface area contributed by atoms with Crippen molar-refractivity contribution in [2.24, 2.45) is 0 Å². The Bertz CT molecular complexity index is 840. The Morgan fingerprint density at radius 1 is 0.893 bits per heavy atom. The Hall–Kier alpha value is -2.29. The predicted octanol–water partition coefficient (Wildman–Crippen LogP) is 1.22. The lowest BCUT2D eigenvalue weighted by Gasteiger charge is -2.42. The van der Waals surface area contributed by atoms with Crippen LogP contribution in [0.4, 0.5) is 0 Å². The van der Waals surface area contributed by atoms with Gasteiger partial charge in [0.2, 0.25) is 0 Å². The van der Waals surface area contributed by atoms with E-state index in [1.54, 1.807) is 31.2 Å². The van der Waals surface area contributed by atoms with Crippen LogP contribution in [0.5, 0.6) is 5.75 Å². The lowest BCUT2D eigenvalue weighted by atomic mass is 9.93. The first-order valence-electron chi connectivity index (χ1n) is 9.17. The first-order chi connectivity index (χ1) is 13.5. The highest BCUT2D eigenvalue weighted by Gasteiger charge is 2.47. The van der Waals surface area contributed by atoms with E-state index in [0.29, 0.717) is 11.3 Å². The number of ketones is 1. The van der Waals surface area contributed by atoms with Gasteiger partial charge in [0.1, 0.15) is 24.1 Å². The second-order valence-electron chi connectivity index (χ2n) is 7.05. The van der Waals surface area contributed by atoms with E-state index < -0.39 is 42.9 Å². The summed E-state index contributed by atoms with van der Waals surface area (Å²) in [7, 11) is 0. The molecule has 7 nitrogen and oxygen atoms in total. The van der Waals surface area contributed by atoms with Crippen molar-refractivity contribution < 1.29 is 34.3 Å². The molecule has 7 atom stereocenters. The highest BCUT2D eigenvalue weighted by molar-refractivity contribution is 6.03. The van der Waals surface area contributed by atoms with Crippen molar-refractivity contribution in [2.75, 3.05) is 0 Å². The van der Waals surface area contributed by atoms with Gasteiger partial charge in [-0.2, -0.15) is 0 Å². The number of Topliss-reactive ketones (excluding diaryl/α,β-unsaturated/α-hetero) is 1. The van der Waals surface area contributed by atoms with E-state index in [-0.39, 0.29) is 5.78 Å². The van der Waals surface area contributed by atoms with Gasteiger partial charge in [-0.25, -0.2) is 0 Å². The number of para-hydroxylation sites is 1. The highest BCUT2D eigenvalue weighted by atomic mass is 16.7. The first kappa shape index (κ1) is 19.0. The smallest absolute Gasteiger partial charge is 0.199 e. The molecular weight excluding hydrogens is 364 g/mol. The average molecular weight is 386 g/mol. The lowest BCUT2D eigenvalue weighted by Crippen LogP contribution is -2.59. The summed E-state index contributed by atoms with van der Waals surface area (Å²) in [5, 5.41) is 30.2. The topological polar surface area (TPSA) is 105 Å². The minimum Gasteiger partial charge on any atom is -0.482 e. The van der Waals surface area contributed by atoms with Gasteiger partial charge in [0.15, 0.2) is 24.3 Å². The van der Waals surface area contributed by atoms with E-state index in [0.717, 1.165) is 5.56 Å². The standard InChI is InChI=1S/C21H22O7/c1-11-15(22)17(24)18(25)21(26-11)28-20-16(23)13-9-5-6-10-14(13)27-19(20)12-7-3-2-4-8-12/h2-11,15,17-22,24-25H,1H3/t11-,15-,17+,18+,19?,20?,21-/m0/s1. The molecule has 0 bridgehead atoms. The maximum atomic E-state index is 13.2. The van der Waals surface area contributed by atoms with Crippen LogP contribution >= 0.6 is 0 Å². The number of carbonyl (C=O) groups excluding carboxylic acids is 1. The highest BCUT2D eigenvalue weighted by Crippen LogP contribution is 2.38. The van der Waals surface area contributed by atoms with Gasteiger partial charge in [-0.15, -0.1) is 0 Å². The maximum absolute atomic E-state index is 13.2. The molecule has 1 saturated heterocycles. The van der Waals surface area contributed by atoms with E-state index in [4.69, 9.17) is 14.2 Å². The molecule has 148 valence electrons. The Balaban J connectivity index is 1.67. The van der Waals surface area contributed by atoms with Gasteiger partial charge in [-0.1, -0.05) is 42.5 Å². The maximum Gasteiger partial charge on any atom is 0.199 e.